The van der Waals surface area contributed by atoms with Crippen molar-refractivity contribution in [2.24, 2.45) is 0 Å². The van der Waals surface area contributed by atoms with Gasteiger partial charge in [-0.15, -0.1) is 0 Å². The monoisotopic (exact) mass is 758 g/mol. The summed E-state index contributed by atoms with van der Waals surface area (Å²) in [5.41, 5.74) is 8.50. The molecule has 0 bridgehead atoms. The molecule has 4 aliphatic rings. The second-order valence-electron chi connectivity index (χ2n) is 13.0. The molecule has 0 unspecified atom stereocenters. The van der Waals surface area contributed by atoms with Gasteiger partial charge in [-0.05, 0) is 113 Å². The van der Waals surface area contributed by atoms with Gasteiger partial charge in [0.1, 0.15) is 18.6 Å². The molecule has 3 fully saturated rings. The van der Waals surface area contributed by atoms with E-state index in [1.54, 1.807) is 4.90 Å². The van der Waals surface area contributed by atoms with Crippen molar-refractivity contribution in [1.82, 2.24) is 19.6 Å². The molecule has 4 aliphatic heterocycles. The molecule has 0 spiro atoms. The Morgan fingerprint density at radius 1 is 0.978 bits per heavy atom. The van der Waals surface area contributed by atoms with Gasteiger partial charge in [0.25, 0.3) is 0 Å². The smallest absolute Gasteiger partial charge is 0.411 e. The first-order valence-corrected chi connectivity index (χ1v) is 18.1. The molecule has 0 aromatic heterocycles. The fourth-order valence-corrected chi connectivity index (χ4v) is 9.25. The zero-order valence-corrected chi connectivity index (χ0v) is 29.4. The number of likely N-dealkylation sites (tertiary alicyclic amines) is 3. The molecule has 6 rings (SSSR count). The third kappa shape index (κ3) is 6.95. The number of piperidine rings is 3. The van der Waals surface area contributed by atoms with E-state index in [2.05, 4.69) is 53.0 Å². The van der Waals surface area contributed by atoms with Gasteiger partial charge in [-0.1, -0.05) is 24.6 Å². The molecule has 2 aromatic carbocycles. The number of nitrogens with one attached hydrogen (secondary N) is 1. The standard InChI is InChI=1S/C34H44Br2N6O4/c35-28-20-24(21-29(36)31(28)37)23-46-33(45)42-18-11-27(41-17-8-25-6-2-3-7-30(25)38-32(41)44)22-34(42,12-19-43)40-15-9-26(10-16-40)39-13-4-1-5-14-39/h2-3,6-7,19-21,26-27H,1,4-5,8-18,22-23,37H2,(H,38,44)/t27-,34+/m1/s1. The molecule has 10 nitrogen and oxygen atoms in total. The van der Waals surface area contributed by atoms with Crippen LogP contribution in [-0.2, 0) is 22.6 Å². The molecule has 3 saturated heterocycles. The summed E-state index contributed by atoms with van der Waals surface area (Å²) < 4.78 is 7.39. The Balaban J connectivity index is 1.24. The molecular formula is C34H44Br2N6O4. The quantitative estimate of drug-likeness (QED) is 0.255. The third-order valence-electron chi connectivity index (χ3n) is 10.4. The highest BCUT2D eigenvalue weighted by Crippen LogP contribution is 2.40. The lowest BCUT2D eigenvalue weighted by atomic mass is 9.84. The number of anilines is 2. The maximum absolute atomic E-state index is 14.0. The molecular weight excluding hydrogens is 716 g/mol. The average molecular weight is 761 g/mol. The van der Waals surface area contributed by atoms with E-state index in [0.29, 0.717) is 37.7 Å². The molecule has 2 aromatic rings. The van der Waals surface area contributed by atoms with Crippen molar-refractivity contribution in [3.63, 3.8) is 0 Å². The molecule has 0 saturated carbocycles. The number of rotatable bonds is 7. The van der Waals surface area contributed by atoms with Gasteiger partial charge in [0.15, 0.2) is 0 Å². The lowest BCUT2D eigenvalue weighted by Crippen LogP contribution is -2.70. The largest absolute Gasteiger partial charge is 0.444 e. The van der Waals surface area contributed by atoms with E-state index >= 15 is 0 Å². The van der Waals surface area contributed by atoms with Gasteiger partial charge in [-0.2, -0.15) is 0 Å². The Morgan fingerprint density at radius 2 is 1.67 bits per heavy atom. The Kier molecular flexibility index (Phi) is 10.6. The molecule has 0 aliphatic carbocycles. The van der Waals surface area contributed by atoms with Crippen LogP contribution in [0.25, 0.3) is 0 Å². The minimum atomic E-state index is -0.893. The highest BCUT2D eigenvalue weighted by atomic mass is 79.9. The van der Waals surface area contributed by atoms with Crippen molar-refractivity contribution < 1.29 is 19.1 Å². The molecule has 12 heteroatoms. The number of amides is 3. The number of nitrogens with two attached hydrogens (primary N) is 1. The van der Waals surface area contributed by atoms with Crippen molar-refractivity contribution in [2.75, 3.05) is 50.3 Å². The number of fused-ring (bicyclic) bond motifs is 1. The Hall–Kier alpha value is -2.67. The fraction of sp³-hybridized carbons (Fsp3) is 0.559. The van der Waals surface area contributed by atoms with Crippen LogP contribution in [0.2, 0.25) is 0 Å². The van der Waals surface area contributed by atoms with Crippen LogP contribution >= 0.6 is 31.9 Å². The maximum atomic E-state index is 14.0. The number of hydrogen-bond donors (Lipinski definition) is 2. The van der Waals surface area contributed by atoms with Crippen LogP contribution in [0.3, 0.4) is 0 Å². The van der Waals surface area contributed by atoms with E-state index in [4.69, 9.17) is 10.5 Å². The Bertz CT molecular complexity index is 1410. The van der Waals surface area contributed by atoms with Crippen molar-refractivity contribution >= 4 is 61.6 Å². The van der Waals surface area contributed by atoms with Crippen LogP contribution in [0, 0.1) is 0 Å². The number of ether oxygens (including phenoxy) is 1. The summed E-state index contributed by atoms with van der Waals surface area (Å²) in [6.07, 6.45) is 8.24. The number of aldehydes is 1. The molecule has 248 valence electrons. The fourth-order valence-electron chi connectivity index (χ4n) is 7.97. The van der Waals surface area contributed by atoms with Crippen molar-refractivity contribution in [2.45, 2.75) is 82.1 Å². The second-order valence-corrected chi connectivity index (χ2v) is 14.7. The minimum Gasteiger partial charge on any atom is -0.444 e. The highest BCUT2D eigenvalue weighted by Gasteiger charge is 2.52. The van der Waals surface area contributed by atoms with Crippen molar-refractivity contribution in [3.8, 4) is 0 Å². The summed E-state index contributed by atoms with van der Waals surface area (Å²) in [6.45, 7) is 4.88. The minimum absolute atomic E-state index is 0.0667. The van der Waals surface area contributed by atoms with E-state index in [1.807, 2.05) is 35.2 Å². The third-order valence-corrected chi connectivity index (χ3v) is 11.7. The number of carbonyl (C=O) groups excluding carboxylic acids is 3. The number of para-hydroxylation sites is 1. The van der Waals surface area contributed by atoms with E-state index < -0.39 is 11.8 Å². The van der Waals surface area contributed by atoms with Crippen LogP contribution < -0.4 is 11.1 Å². The molecule has 2 atom stereocenters. The molecule has 4 heterocycles. The highest BCUT2D eigenvalue weighted by molar-refractivity contribution is 9.11. The van der Waals surface area contributed by atoms with Gasteiger partial charge in [-0.3, -0.25) is 9.80 Å². The van der Waals surface area contributed by atoms with Gasteiger partial charge in [0, 0.05) is 65.7 Å². The van der Waals surface area contributed by atoms with Crippen LogP contribution in [-0.4, -0.2) is 95.0 Å². The number of nitrogens with zero attached hydrogens (tertiary/aromatic N) is 4. The number of nitrogen functional groups attached to an aromatic ring is 1. The summed E-state index contributed by atoms with van der Waals surface area (Å²) in [4.78, 5) is 48.8. The van der Waals surface area contributed by atoms with E-state index in [1.165, 1.54) is 19.3 Å². The van der Waals surface area contributed by atoms with Crippen LogP contribution in [0.1, 0.15) is 62.5 Å². The average Bonchev–Trinajstić information content (AvgIpc) is 3.24. The summed E-state index contributed by atoms with van der Waals surface area (Å²) >= 11 is 6.95. The number of urea groups is 1. The van der Waals surface area contributed by atoms with Crippen LogP contribution in [0.5, 0.6) is 0 Å². The Morgan fingerprint density at radius 3 is 2.39 bits per heavy atom. The zero-order valence-electron chi connectivity index (χ0n) is 26.3. The summed E-state index contributed by atoms with van der Waals surface area (Å²) in [6, 6.07) is 11.9. The predicted octanol–water partition coefficient (Wildman–Crippen LogP) is 6.22. The number of benzene rings is 2. The lowest BCUT2D eigenvalue weighted by molar-refractivity contribution is -0.128. The van der Waals surface area contributed by atoms with Gasteiger partial charge in [-0.25, -0.2) is 9.59 Å². The Labute approximate surface area is 288 Å². The molecule has 46 heavy (non-hydrogen) atoms. The number of halogens is 2. The van der Waals surface area contributed by atoms with Gasteiger partial charge < -0.3 is 30.4 Å². The van der Waals surface area contributed by atoms with Gasteiger partial charge in [0.2, 0.25) is 0 Å². The van der Waals surface area contributed by atoms with Crippen molar-refractivity contribution in [3.05, 3.63) is 56.5 Å². The topological polar surface area (TPSA) is 111 Å². The summed E-state index contributed by atoms with van der Waals surface area (Å²) in [7, 11) is 0. The van der Waals surface area contributed by atoms with Crippen molar-refractivity contribution in [1.29, 1.82) is 0 Å². The van der Waals surface area contributed by atoms with E-state index in [0.717, 1.165) is 77.5 Å². The first kappa shape index (κ1) is 33.2. The molecule has 0 radical (unpaired) electrons. The summed E-state index contributed by atoms with van der Waals surface area (Å²) in [5.74, 6) is 0. The second kappa shape index (κ2) is 14.6. The maximum Gasteiger partial charge on any atom is 0.411 e. The van der Waals surface area contributed by atoms with Gasteiger partial charge in [0.05, 0.1) is 5.69 Å². The lowest BCUT2D eigenvalue weighted by Gasteiger charge is -2.57. The summed E-state index contributed by atoms with van der Waals surface area (Å²) in [5, 5.41) is 3.11. The first-order valence-electron chi connectivity index (χ1n) is 16.5. The normalized spacial score (nSPS) is 25.0. The van der Waals surface area contributed by atoms with E-state index in [9.17, 15) is 14.4 Å². The number of carbonyl (C=O) groups is 3. The zero-order chi connectivity index (χ0) is 32.3. The first-order chi connectivity index (χ1) is 22.3. The number of hydrogen-bond acceptors (Lipinski definition) is 7. The SMILES string of the molecule is Nc1c(Br)cc(COC(=O)N2CC[C@@H](N3CCc4ccccc4NC3=O)C[C@@]2(CC=O)N2CCC(N3CCCCC3)CC2)cc1Br. The van der Waals surface area contributed by atoms with Crippen LogP contribution in [0.15, 0.2) is 45.3 Å². The predicted molar refractivity (Wildman–Crippen MR) is 185 cm³/mol. The molecule has 3 amide bonds. The van der Waals surface area contributed by atoms with E-state index in [-0.39, 0.29) is 25.1 Å². The molecule has 3 N–H and O–H groups in total. The van der Waals surface area contributed by atoms with Crippen LogP contribution in [0.4, 0.5) is 21.0 Å². The van der Waals surface area contributed by atoms with Gasteiger partial charge >= 0.3 is 12.1 Å².